The summed E-state index contributed by atoms with van der Waals surface area (Å²) in [7, 11) is -6.23. The van der Waals surface area contributed by atoms with Crippen molar-refractivity contribution in [3.63, 3.8) is 0 Å². The maximum atomic E-state index is 11.4. The minimum atomic E-state index is -3.21. The fourth-order valence-corrected chi connectivity index (χ4v) is 3.28. The molecule has 0 aliphatic heterocycles. The molecule has 120 valence electrons. The number of hydrogen-bond acceptors (Lipinski definition) is 5. The van der Waals surface area contributed by atoms with Crippen LogP contribution in [0.4, 0.5) is 0 Å². The van der Waals surface area contributed by atoms with Crippen molar-refractivity contribution >= 4 is 19.7 Å². The minimum absolute atomic E-state index is 0.0896. The van der Waals surface area contributed by atoms with E-state index in [0.29, 0.717) is 6.42 Å². The Morgan fingerprint density at radius 1 is 1.05 bits per heavy atom. The Kier molecular flexibility index (Phi) is 6.37. The van der Waals surface area contributed by atoms with Gasteiger partial charge in [-0.2, -0.15) is 0 Å². The van der Waals surface area contributed by atoms with Gasteiger partial charge in [-0.1, -0.05) is 19.1 Å². The molecular weight excluding hydrogens is 310 g/mol. The zero-order chi connectivity index (χ0) is 16.1. The minimum Gasteiger partial charge on any atom is -0.310 e. The topological polar surface area (TPSA) is 80.3 Å². The monoisotopic (exact) mass is 333 g/mol. The summed E-state index contributed by atoms with van der Waals surface area (Å²) in [6, 6.07) is 6.52. The first kappa shape index (κ1) is 18.1. The van der Waals surface area contributed by atoms with E-state index in [2.05, 4.69) is 5.32 Å². The smallest absolute Gasteiger partial charge is 0.175 e. The molecule has 1 aromatic rings. The maximum Gasteiger partial charge on any atom is 0.175 e. The van der Waals surface area contributed by atoms with Crippen molar-refractivity contribution in [2.75, 3.05) is 24.8 Å². The molecule has 7 heteroatoms. The molecule has 0 radical (unpaired) electrons. The van der Waals surface area contributed by atoms with E-state index < -0.39 is 19.7 Å². The third-order valence-electron chi connectivity index (χ3n) is 3.13. The van der Waals surface area contributed by atoms with Crippen LogP contribution in [0.5, 0.6) is 0 Å². The van der Waals surface area contributed by atoms with Gasteiger partial charge in [0.05, 0.1) is 10.6 Å². The second-order valence-electron chi connectivity index (χ2n) is 5.27. The summed E-state index contributed by atoms with van der Waals surface area (Å²) in [5, 5.41) is 3.30. The zero-order valence-corrected chi connectivity index (χ0v) is 14.3. The lowest BCUT2D eigenvalue weighted by atomic mass is 10.0. The molecule has 0 aromatic heterocycles. The number of nitrogens with one attached hydrogen (secondary N) is 1. The second kappa shape index (κ2) is 7.38. The molecule has 1 aromatic carbocycles. The molecule has 0 aliphatic carbocycles. The Morgan fingerprint density at radius 3 is 2.05 bits per heavy atom. The second-order valence-corrected chi connectivity index (χ2v) is 9.54. The van der Waals surface area contributed by atoms with Crippen molar-refractivity contribution in [1.29, 1.82) is 0 Å². The van der Waals surface area contributed by atoms with Crippen molar-refractivity contribution < 1.29 is 16.8 Å². The average Bonchev–Trinajstić information content (AvgIpc) is 2.37. The zero-order valence-electron chi connectivity index (χ0n) is 12.7. The highest BCUT2D eigenvalue weighted by Crippen LogP contribution is 2.20. The molecule has 0 bridgehead atoms. The van der Waals surface area contributed by atoms with Crippen LogP contribution in [0.1, 0.15) is 31.4 Å². The molecule has 0 aliphatic rings. The highest BCUT2D eigenvalue weighted by atomic mass is 32.2. The van der Waals surface area contributed by atoms with Gasteiger partial charge >= 0.3 is 0 Å². The van der Waals surface area contributed by atoms with Crippen molar-refractivity contribution in [2.24, 2.45) is 0 Å². The lowest BCUT2D eigenvalue weighted by Gasteiger charge is -2.19. The Balaban J connectivity index is 2.92. The van der Waals surface area contributed by atoms with E-state index in [0.717, 1.165) is 18.5 Å². The first-order chi connectivity index (χ1) is 9.63. The first-order valence-electron chi connectivity index (χ1n) is 6.84. The summed E-state index contributed by atoms with van der Waals surface area (Å²) in [5.41, 5.74) is 0.902. The van der Waals surface area contributed by atoms with E-state index >= 15 is 0 Å². The normalized spacial score (nSPS) is 14.0. The predicted molar refractivity (Wildman–Crippen MR) is 84.9 cm³/mol. The van der Waals surface area contributed by atoms with E-state index in [1.54, 1.807) is 24.3 Å². The van der Waals surface area contributed by atoms with E-state index in [-0.39, 0.29) is 16.7 Å². The van der Waals surface area contributed by atoms with Crippen LogP contribution in [0, 0.1) is 0 Å². The Labute approximate surface area is 127 Å². The molecule has 1 unspecified atom stereocenters. The van der Waals surface area contributed by atoms with Crippen LogP contribution in [0.25, 0.3) is 0 Å². The van der Waals surface area contributed by atoms with Crippen LogP contribution in [-0.2, 0) is 19.7 Å². The Bertz CT molecular complexity index is 649. The van der Waals surface area contributed by atoms with Crippen molar-refractivity contribution in [1.82, 2.24) is 5.32 Å². The molecule has 5 nitrogen and oxygen atoms in total. The SMILES string of the molecule is CCCNC(CCS(C)(=O)=O)c1ccc(S(C)(=O)=O)cc1. The molecule has 0 heterocycles. The number of hydrogen-bond donors (Lipinski definition) is 1. The Morgan fingerprint density at radius 2 is 1.62 bits per heavy atom. The highest BCUT2D eigenvalue weighted by molar-refractivity contribution is 7.91. The number of sulfone groups is 2. The lowest BCUT2D eigenvalue weighted by molar-refractivity contribution is 0.513. The first-order valence-corrected chi connectivity index (χ1v) is 10.8. The van der Waals surface area contributed by atoms with Gasteiger partial charge < -0.3 is 5.32 Å². The van der Waals surface area contributed by atoms with Gasteiger partial charge in [0.1, 0.15) is 9.84 Å². The van der Waals surface area contributed by atoms with Crippen LogP contribution in [-0.4, -0.2) is 41.6 Å². The summed E-state index contributed by atoms with van der Waals surface area (Å²) in [6.45, 7) is 2.82. The predicted octanol–water partition coefficient (Wildman–Crippen LogP) is 1.57. The van der Waals surface area contributed by atoms with Crippen LogP contribution in [0.2, 0.25) is 0 Å². The summed E-state index contributed by atoms with van der Waals surface area (Å²) in [4.78, 5) is 0.267. The summed E-state index contributed by atoms with van der Waals surface area (Å²) in [5.74, 6) is 0.0994. The summed E-state index contributed by atoms with van der Waals surface area (Å²) >= 11 is 0. The molecule has 1 N–H and O–H groups in total. The van der Waals surface area contributed by atoms with Gasteiger partial charge in [-0.25, -0.2) is 16.8 Å². The Hall–Kier alpha value is -0.920. The summed E-state index contributed by atoms with van der Waals surface area (Å²) in [6.07, 6.45) is 3.79. The van der Waals surface area contributed by atoms with Crippen LogP contribution < -0.4 is 5.32 Å². The molecule has 0 saturated heterocycles. The van der Waals surface area contributed by atoms with Gasteiger partial charge in [0.15, 0.2) is 9.84 Å². The van der Waals surface area contributed by atoms with E-state index in [4.69, 9.17) is 0 Å². The molecule has 0 amide bonds. The van der Waals surface area contributed by atoms with Crippen molar-refractivity contribution in [2.45, 2.75) is 30.7 Å². The quantitative estimate of drug-likeness (QED) is 0.781. The molecule has 21 heavy (non-hydrogen) atoms. The number of rotatable bonds is 8. The molecule has 1 atom stereocenters. The van der Waals surface area contributed by atoms with Gasteiger partial charge in [-0.15, -0.1) is 0 Å². The largest absolute Gasteiger partial charge is 0.310 e. The van der Waals surface area contributed by atoms with E-state index in [1.165, 1.54) is 12.5 Å². The van der Waals surface area contributed by atoms with Crippen LogP contribution >= 0.6 is 0 Å². The third kappa shape index (κ3) is 6.58. The molecule has 0 spiro atoms. The molecule has 0 saturated carbocycles. The maximum absolute atomic E-state index is 11.4. The molecular formula is C14H23NO4S2. The third-order valence-corrected chi connectivity index (χ3v) is 5.23. The van der Waals surface area contributed by atoms with Gasteiger partial charge in [-0.3, -0.25) is 0 Å². The van der Waals surface area contributed by atoms with Gasteiger partial charge in [0.25, 0.3) is 0 Å². The fraction of sp³-hybridized carbons (Fsp3) is 0.571. The van der Waals surface area contributed by atoms with E-state index in [9.17, 15) is 16.8 Å². The summed E-state index contributed by atoms with van der Waals surface area (Å²) < 4.78 is 45.5. The van der Waals surface area contributed by atoms with E-state index in [1.807, 2.05) is 6.92 Å². The van der Waals surface area contributed by atoms with Crippen molar-refractivity contribution in [3.8, 4) is 0 Å². The number of benzene rings is 1. The van der Waals surface area contributed by atoms with Crippen LogP contribution in [0.15, 0.2) is 29.2 Å². The standard InChI is InChI=1S/C14H23NO4S2/c1-4-10-15-14(9-11-20(2,16)17)12-5-7-13(8-6-12)21(3,18)19/h5-8,14-15H,4,9-11H2,1-3H3. The van der Waals surface area contributed by atoms with Gasteiger partial charge in [-0.05, 0) is 37.1 Å². The van der Waals surface area contributed by atoms with Crippen LogP contribution in [0.3, 0.4) is 0 Å². The van der Waals surface area contributed by atoms with Gasteiger partial charge in [0, 0.05) is 18.6 Å². The lowest BCUT2D eigenvalue weighted by Crippen LogP contribution is -2.24. The van der Waals surface area contributed by atoms with Crippen molar-refractivity contribution in [3.05, 3.63) is 29.8 Å². The highest BCUT2D eigenvalue weighted by Gasteiger charge is 2.15. The molecule has 0 fully saturated rings. The average molecular weight is 333 g/mol. The van der Waals surface area contributed by atoms with Gasteiger partial charge in [0.2, 0.25) is 0 Å². The molecule has 1 rings (SSSR count). The fourth-order valence-electron chi connectivity index (χ4n) is 1.98.